The molecule has 12 heavy (non-hydrogen) atoms. The second kappa shape index (κ2) is 4.18. The van der Waals surface area contributed by atoms with Crippen molar-refractivity contribution in [3.8, 4) is 0 Å². The Bertz CT molecular complexity index is 111. The number of rotatable bonds is 1. The molecular weight excluding hydrogens is 160 g/mol. The quantitative estimate of drug-likeness (QED) is 0.572. The van der Waals surface area contributed by atoms with Gasteiger partial charge in [-0.2, -0.15) is 0 Å². The lowest BCUT2D eigenvalue weighted by atomic mass is 10.1. The van der Waals surface area contributed by atoms with E-state index < -0.39 is 0 Å². The van der Waals surface area contributed by atoms with E-state index in [9.17, 15) is 0 Å². The summed E-state index contributed by atoms with van der Waals surface area (Å²) in [5.74, 6) is 0. The molecule has 2 aliphatic heterocycles. The van der Waals surface area contributed by atoms with E-state index in [1.165, 1.54) is 0 Å². The van der Waals surface area contributed by atoms with E-state index >= 15 is 0 Å². The maximum absolute atomic E-state index is 5.43. The smallest absolute Gasteiger partial charge is 0.151 e. The number of ether oxygens (including phenoxy) is 4. The maximum atomic E-state index is 5.43. The molecular formula is C8H13O4. The molecule has 2 heterocycles. The highest BCUT2D eigenvalue weighted by atomic mass is 16.7. The molecule has 0 saturated carbocycles. The van der Waals surface area contributed by atoms with Crippen molar-refractivity contribution in [1.29, 1.82) is 0 Å². The molecule has 0 amide bonds. The van der Waals surface area contributed by atoms with Crippen LogP contribution in [0.5, 0.6) is 0 Å². The topological polar surface area (TPSA) is 36.9 Å². The Labute approximate surface area is 71.7 Å². The summed E-state index contributed by atoms with van der Waals surface area (Å²) in [4.78, 5) is 0. The minimum absolute atomic E-state index is 0.0825. The fourth-order valence-electron chi connectivity index (χ4n) is 1.35. The second-order valence-electron chi connectivity index (χ2n) is 2.84. The van der Waals surface area contributed by atoms with Gasteiger partial charge in [0.2, 0.25) is 0 Å². The van der Waals surface area contributed by atoms with Crippen LogP contribution in [0, 0.1) is 6.10 Å². The van der Waals surface area contributed by atoms with Gasteiger partial charge in [0.25, 0.3) is 0 Å². The van der Waals surface area contributed by atoms with Crippen molar-refractivity contribution in [2.75, 3.05) is 33.2 Å². The summed E-state index contributed by atoms with van der Waals surface area (Å²) >= 11 is 0. The van der Waals surface area contributed by atoms with Crippen LogP contribution < -0.4 is 0 Å². The molecule has 0 aromatic carbocycles. The van der Waals surface area contributed by atoms with Crippen LogP contribution in [0.3, 0.4) is 0 Å². The van der Waals surface area contributed by atoms with Gasteiger partial charge in [-0.3, -0.25) is 0 Å². The molecule has 4 heteroatoms. The van der Waals surface area contributed by atoms with Crippen LogP contribution in [0.4, 0.5) is 0 Å². The van der Waals surface area contributed by atoms with Crippen molar-refractivity contribution in [3.63, 3.8) is 0 Å². The maximum Gasteiger partial charge on any atom is 0.151 e. The van der Waals surface area contributed by atoms with Gasteiger partial charge in [0.1, 0.15) is 6.79 Å². The highest BCUT2D eigenvalue weighted by molar-refractivity contribution is 4.91. The average Bonchev–Trinajstić information content (AvgIpc) is 2.21. The third kappa shape index (κ3) is 1.95. The number of hydrogen-bond donors (Lipinski definition) is 0. The zero-order valence-electron chi connectivity index (χ0n) is 6.95. The Morgan fingerprint density at radius 2 is 2.08 bits per heavy atom. The van der Waals surface area contributed by atoms with Crippen molar-refractivity contribution in [1.82, 2.24) is 0 Å². The van der Waals surface area contributed by atoms with Gasteiger partial charge in [0.15, 0.2) is 6.10 Å². The summed E-state index contributed by atoms with van der Waals surface area (Å²) in [6, 6.07) is 0. The molecule has 2 saturated heterocycles. The summed E-state index contributed by atoms with van der Waals surface area (Å²) in [5, 5.41) is 0. The van der Waals surface area contributed by atoms with E-state index in [0.29, 0.717) is 26.6 Å². The summed E-state index contributed by atoms with van der Waals surface area (Å²) in [5.41, 5.74) is 0. The molecule has 1 unspecified atom stereocenters. The van der Waals surface area contributed by atoms with Gasteiger partial charge >= 0.3 is 0 Å². The molecule has 0 N–H and O–H groups in total. The zero-order valence-corrected chi connectivity index (χ0v) is 6.95. The van der Waals surface area contributed by atoms with E-state index in [4.69, 9.17) is 18.9 Å². The molecule has 0 spiro atoms. The standard InChI is InChI=1S/C8H13O4/c1-2-10-6-12-7(1)8-5-9-3-4-11-8/h7H,1-6H2. The molecule has 69 valence electrons. The van der Waals surface area contributed by atoms with Gasteiger partial charge in [-0.25, -0.2) is 0 Å². The fraction of sp³-hybridized carbons (Fsp3) is 0.875. The van der Waals surface area contributed by atoms with Crippen LogP contribution in [0.15, 0.2) is 0 Å². The molecule has 0 bridgehead atoms. The van der Waals surface area contributed by atoms with E-state index in [-0.39, 0.29) is 6.10 Å². The molecule has 1 radical (unpaired) electrons. The van der Waals surface area contributed by atoms with E-state index in [1.807, 2.05) is 0 Å². The predicted octanol–water partition coefficient (Wildman–Crippen LogP) is 0.328. The first-order chi connectivity index (χ1) is 5.97. The monoisotopic (exact) mass is 173 g/mol. The summed E-state index contributed by atoms with van der Waals surface area (Å²) in [6.45, 7) is 3.03. The van der Waals surface area contributed by atoms with Crippen LogP contribution in [-0.4, -0.2) is 39.3 Å². The van der Waals surface area contributed by atoms with Gasteiger partial charge in [-0.1, -0.05) is 0 Å². The van der Waals surface area contributed by atoms with Crippen molar-refractivity contribution < 1.29 is 18.9 Å². The van der Waals surface area contributed by atoms with Gasteiger partial charge in [0.05, 0.1) is 32.5 Å². The molecule has 2 rings (SSSR count). The van der Waals surface area contributed by atoms with E-state index in [1.54, 1.807) is 0 Å². The van der Waals surface area contributed by atoms with Crippen molar-refractivity contribution in [2.24, 2.45) is 0 Å². The lowest BCUT2D eigenvalue weighted by Crippen LogP contribution is -2.36. The Kier molecular flexibility index (Phi) is 2.94. The first kappa shape index (κ1) is 8.44. The van der Waals surface area contributed by atoms with Crippen molar-refractivity contribution in [2.45, 2.75) is 12.5 Å². The lowest BCUT2D eigenvalue weighted by molar-refractivity contribution is -0.170. The third-order valence-electron chi connectivity index (χ3n) is 2.00. The van der Waals surface area contributed by atoms with Crippen LogP contribution in [0.1, 0.15) is 6.42 Å². The molecule has 0 aliphatic carbocycles. The lowest BCUT2D eigenvalue weighted by Gasteiger charge is -2.31. The van der Waals surface area contributed by atoms with E-state index in [0.717, 1.165) is 19.1 Å². The second-order valence-corrected chi connectivity index (χ2v) is 2.84. The largest absolute Gasteiger partial charge is 0.376 e. The summed E-state index contributed by atoms with van der Waals surface area (Å²) in [6.07, 6.45) is 1.88. The van der Waals surface area contributed by atoms with Crippen LogP contribution in [0.25, 0.3) is 0 Å². The van der Waals surface area contributed by atoms with E-state index in [2.05, 4.69) is 0 Å². The van der Waals surface area contributed by atoms with Gasteiger partial charge in [-0.05, 0) is 0 Å². The normalized spacial score (nSPS) is 33.5. The van der Waals surface area contributed by atoms with Crippen LogP contribution in [0.2, 0.25) is 0 Å². The first-order valence-corrected chi connectivity index (χ1v) is 4.22. The van der Waals surface area contributed by atoms with Crippen molar-refractivity contribution in [3.05, 3.63) is 6.10 Å². The Balaban J connectivity index is 1.80. The van der Waals surface area contributed by atoms with Gasteiger partial charge in [0, 0.05) is 6.42 Å². The Morgan fingerprint density at radius 3 is 2.75 bits per heavy atom. The van der Waals surface area contributed by atoms with Crippen LogP contribution in [-0.2, 0) is 18.9 Å². The SMILES string of the molecule is C1CC([C]2COCCO2)OCO1. The van der Waals surface area contributed by atoms with Gasteiger partial charge in [-0.15, -0.1) is 0 Å². The minimum atomic E-state index is 0.0825. The Morgan fingerprint density at radius 1 is 1.08 bits per heavy atom. The highest BCUT2D eigenvalue weighted by Gasteiger charge is 2.28. The first-order valence-electron chi connectivity index (χ1n) is 4.22. The predicted molar refractivity (Wildman–Crippen MR) is 40.3 cm³/mol. The molecule has 0 aromatic rings. The minimum Gasteiger partial charge on any atom is -0.376 e. The molecule has 1 atom stereocenters. The molecule has 2 fully saturated rings. The molecule has 4 nitrogen and oxygen atoms in total. The zero-order chi connectivity index (χ0) is 8.23. The average molecular weight is 173 g/mol. The van der Waals surface area contributed by atoms with Crippen LogP contribution >= 0.6 is 0 Å². The third-order valence-corrected chi connectivity index (χ3v) is 2.00. The van der Waals surface area contributed by atoms with Gasteiger partial charge < -0.3 is 18.9 Å². The van der Waals surface area contributed by atoms with Crippen molar-refractivity contribution >= 4 is 0 Å². The molecule has 2 aliphatic rings. The molecule has 0 aromatic heterocycles. The number of hydrogen-bond acceptors (Lipinski definition) is 4. The summed E-state index contributed by atoms with van der Waals surface area (Å²) < 4.78 is 21.1. The summed E-state index contributed by atoms with van der Waals surface area (Å²) in [7, 11) is 0. The Hall–Kier alpha value is -0.160. The highest BCUT2D eigenvalue weighted by Crippen LogP contribution is 2.21. The fourth-order valence-corrected chi connectivity index (χ4v) is 1.35.